The fourth-order valence-corrected chi connectivity index (χ4v) is 2.32. The number of ether oxygens (including phenoxy) is 1. The molecule has 3 nitrogen and oxygen atoms in total. The summed E-state index contributed by atoms with van der Waals surface area (Å²) in [6.07, 6.45) is 0. The molecule has 0 spiro atoms. The number of nitrogens with zero attached hydrogens (tertiary/aromatic N) is 1. The van der Waals surface area contributed by atoms with E-state index in [1.165, 1.54) is 0 Å². The first-order chi connectivity index (χ1) is 9.61. The maximum absolute atomic E-state index is 12.5. The van der Waals surface area contributed by atoms with Crippen LogP contribution in [0.25, 0.3) is 0 Å². The minimum absolute atomic E-state index is 0.0572. The van der Waals surface area contributed by atoms with Gasteiger partial charge in [-0.05, 0) is 23.8 Å². The van der Waals surface area contributed by atoms with Crippen molar-refractivity contribution in [2.24, 2.45) is 0 Å². The lowest BCUT2D eigenvalue weighted by Crippen LogP contribution is -2.26. The Bertz CT molecular complexity index is 599. The van der Waals surface area contributed by atoms with Crippen LogP contribution < -0.4 is 4.74 Å². The monoisotopic (exact) mass is 333 g/mol. The molecular weight excluding hydrogens is 318 g/mol. The van der Waals surface area contributed by atoms with Crippen LogP contribution in [0.5, 0.6) is 5.75 Å². The predicted octanol–water partition coefficient (Wildman–Crippen LogP) is 3.73. The summed E-state index contributed by atoms with van der Waals surface area (Å²) in [5, 5.41) is 0. The molecule has 2 aromatic carbocycles. The maximum atomic E-state index is 12.5. The normalized spacial score (nSPS) is 10.2. The third kappa shape index (κ3) is 3.39. The number of benzene rings is 2. The summed E-state index contributed by atoms with van der Waals surface area (Å²) < 4.78 is 6.16. The highest BCUT2D eigenvalue weighted by atomic mass is 79.9. The molecule has 0 radical (unpaired) electrons. The smallest absolute Gasteiger partial charge is 0.257 e. The van der Waals surface area contributed by atoms with Crippen molar-refractivity contribution >= 4 is 21.8 Å². The first kappa shape index (κ1) is 14.6. The number of amides is 1. The van der Waals surface area contributed by atoms with Gasteiger partial charge in [0.25, 0.3) is 5.91 Å². The second kappa shape index (κ2) is 6.57. The Labute approximate surface area is 127 Å². The number of carbonyl (C=O) groups is 1. The molecule has 0 unspecified atom stereocenters. The summed E-state index contributed by atoms with van der Waals surface area (Å²) in [6, 6.07) is 15.3. The van der Waals surface area contributed by atoms with E-state index in [1.54, 1.807) is 31.2 Å². The molecule has 20 heavy (non-hydrogen) atoms. The van der Waals surface area contributed by atoms with Crippen molar-refractivity contribution in [3.8, 4) is 5.75 Å². The number of carbonyl (C=O) groups excluding carboxylic acids is 1. The van der Waals surface area contributed by atoms with Gasteiger partial charge in [0.2, 0.25) is 0 Å². The largest absolute Gasteiger partial charge is 0.496 e. The Kier molecular flexibility index (Phi) is 4.79. The van der Waals surface area contributed by atoms with E-state index in [4.69, 9.17) is 4.74 Å². The molecule has 0 aromatic heterocycles. The molecule has 1 amide bonds. The van der Waals surface area contributed by atoms with Gasteiger partial charge in [-0.25, -0.2) is 0 Å². The lowest BCUT2D eigenvalue weighted by atomic mass is 10.1. The zero-order valence-corrected chi connectivity index (χ0v) is 13.1. The lowest BCUT2D eigenvalue weighted by molar-refractivity contribution is 0.0781. The van der Waals surface area contributed by atoms with Crippen LogP contribution in [0, 0.1) is 0 Å². The second-order valence-electron chi connectivity index (χ2n) is 4.49. The van der Waals surface area contributed by atoms with E-state index in [1.807, 2.05) is 36.4 Å². The molecule has 0 bridgehead atoms. The van der Waals surface area contributed by atoms with Crippen molar-refractivity contribution in [3.63, 3.8) is 0 Å². The van der Waals surface area contributed by atoms with Gasteiger partial charge in [0.05, 0.1) is 12.7 Å². The average molecular weight is 334 g/mol. The fraction of sp³-hybridized carbons (Fsp3) is 0.188. The Morgan fingerprint density at radius 2 is 1.90 bits per heavy atom. The number of hydrogen-bond acceptors (Lipinski definition) is 2. The van der Waals surface area contributed by atoms with Crippen molar-refractivity contribution < 1.29 is 9.53 Å². The lowest BCUT2D eigenvalue weighted by Gasteiger charge is -2.19. The van der Waals surface area contributed by atoms with Crippen LogP contribution in [0.15, 0.2) is 53.0 Å². The van der Waals surface area contributed by atoms with Gasteiger partial charge < -0.3 is 9.64 Å². The van der Waals surface area contributed by atoms with E-state index >= 15 is 0 Å². The highest BCUT2D eigenvalue weighted by molar-refractivity contribution is 9.10. The van der Waals surface area contributed by atoms with Crippen LogP contribution in [-0.2, 0) is 6.54 Å². The summed E-state index contributed by atoms with van der Waals surface area (Å²) >= 11 is 3.37. The quantitative estimate of drug-likeness (QED) is 0.853. The molecule has 0 aliphatic rings. The molecule has 2 rings (SSSR count). The average Bonchev–Trinajstić information content (AvgIpc) is 2.47. The molecule has 0 aliphatic carbocycles. The molecule has 0 saturated heterocycles. The highest BCUT2D eigenvalue weighted by Crippen LogP contribution is 2.24. The van der Waals surface area contributed by atoms with E-state index in [0.717, 1.165) is 10.0 Å². The molecule has 0 heterocycles. The Balaban J connectivity index is 2.18. The van der Waals surface area contributed by atoms with Gasteiger partial charge in [-0.3, -0.25) is 4.79 Å². The topological polar surface area (TPSA) is 29.5 Å². The van der Waals surface area contributed by atoms with Crippen molar-refractivity contribution in [1.82, 2.24) is 4.90 Å². The van der Waals surface area contributed by atoms with Gasteiger partial charge in [0, 0.05) is 18.1 Å². The van der Waals surface area contributed by atoms with Gasteiger partial charge in [-0.2, -0.15) is 0 Å². The molecule has 0 atom stereocenters. The van der Waals surface area contributed by atoms with E-state index in [0.29, 0.717) is 17.9 Å². The van der Waals surface area contributed by atoms with Crippen LogP contribution in [0.2, 0.25) is 0 Å². The SMILES string of the molecule is COc1cc(Br)ccc1C(=O)N(C)Cc1ccccc1. The first-order valence-corrected chi connectivity index (χ1v) is 7.04. The van der Waals surface area contributed by atoms with E-state index < -0.39 is 0 Å². The van der Waals surface area contributed by atoms with Crippen LogP contribution in [0.4, 0.5) is 0 Å². The minimum atomic E-state index is -0.0572. The van der Waals surface area contributed by atoms with Gasteiger partial charge in [-0.15, -0.1) is 0 Å². The fourth-order valence-electron chi connectivity index (χ4n) is 1.98. The number of hydrogen-bond donors (Lipinski definition) is 0. The van der Waals surface area contributed by atoms with E-state index in [2.05, 4.69) is 15.9 Å². The summed E-state index contributed by atoms with van der Waals surface area (Å²) in [6.45, 7) is 0.568. The zero-order chi connectivity index (χ0) is 14.5. The molecule has 4 heteroatoms. The number of halogens is 1. The van der Waals surface area contributed by atoms with Crippen LogP contribution >= 0.6 is 15.9 Å². The zero-order valence-electron chi connectivity index (χ0n) is 11.5. The molecule has 104 valence electrons. The Hall–Kier alpha value is -1.81. The number of methoxy groups -OCH3 is 1. The van der Waals surface area contributed by atoms with Gasteiger partial charge in [-0.1, -0.05) is 46.3 Å². The van der Waals surface area contributed by atoms with Crippen LogP contribution in [0.3, 0.4) is 0 Å². The third-order valence-electron chi connectivity index (χ3n) is 3.00. The maximum Gasteiger partial charge on any atom is 0.257 e. The van der Waals surface area contributed by atoms with E-state index in [9.17, 15) is 4.79 Å². The van der Waals surface area contributed by atoms with Gasteiger partial charge in [0.15, 0.2) is 0 Å². The summed E-state index contributed by atoms with van der Waals surface area (Å²) in [5.41, 5.74) is 1.66. The van der Waals surface area contributed by atoms with Crippen LogP contribution in [0.1, 0.15) is 15.9 Å². The second-order valence-corrected chi connectivity index (χ2v) is 5.41. The predicted molar refractivity (Wildman–Crippen MR) is 82.9 cm³/mol. The summed E-state index contributed by atoms with van der Waals surface area (Å²) in [7, 11) is 3.35. The summed E-state index contributed by atoms with van der Waals surface area (Å²) in [5.74, 6) is 0.516. The van der Waals surface area contributed by atoms with Crippen molar-refractivity contribution in [1.29, 1.82) is 0 Å². The first-order valence-electron chi connectivity index (χ1n) is 6.24. The number of rotatable bonds is 4. The highest BCUT2D eigenvalue weighted by Gasteiger charge is 2.16. The molecule has 0 N–H and O–H groups in total. The molecular formula is C16H16BrNO2. The van der Waals surface area contributed by atoms with Gasteiger partial charge in [0.1, 0.15) is 5.75 Å². The summed E-state index contributed by atoms with van der Waals surface area (Å²) in [4.78, 5) is 14.2. The third-order valence-corrected chi connectivity index (χ3v) is 3.50. The minimum Gasteiger partial charge on any atom is -0.496 e. The van der Waals surface area contributed by atoms with Crippen molar-refractivity contribution in [2.75, 3.05) is 14.2 Å². The van der Waals surface area contributed by atoms with Gasteiger partial charge >= 0.3 is 0 Å². The van der Waals surface area contributed by atoms with Crippen molar-refractivity contribution in [3.05, 3.63) is 64.1 Å². The molecule has 0 saturated carbocycles. The molecule has 0 fully saturated rings. The van der Waals surface area contributed by atoms with E-state index in [-0.39, 0.29) is 5.91 Å². The standard InChI is InChI=1S/C16H16BrNO2/c1-18(11-12-6-4-3-5-7-12)16(19)14-9-8-13(17)10-15(14)20-2/h3-10H,11H2,1-2H3. The van der Waals surface area contributed by atoms with Crippen LogP contribution in [-0.4, -0.2) is 25.0 Å². The Morgan fingerprint density at radius 3 is 2.55 bits per heavy atom. The van der Waals surface area contributed by atoms with Crippen molar-refractivity contribution in [2.45, 2.75) is 6.54 Å². The molecule has 2 aromatic rings. The Morgan fingerprint density at radius 1 is 1.20 bits per heavy atom. The molecule has 0 aliphatic heterocycles.